The fraction of sp³-hybridized carbons (Fsp3) is 0.765. The van der Waals surface area contributed by atoms with E-state index >= 15 is 0 Å². The Hall–Kier alpha value is -0.790. The fourth-order valence-corrected chi connectivity index (χ4v) is 4.25. The van der Waals surface area contributed by atoms with E-state index in [2.05, 4.69) is 20.8 Å². The van der Waals surface area contributed by atoms with Crippen molar-refractivity contribution in [2.45, 2.75) is 52.5 Å². The topological polar surface area (TPSA) is 62.5 Å². The Labute approximate surface area is 156 Å². The van der Waals surface area contributed by atoms with Crippen molar-refractivity contribution < 1.29 is 4.52 Å². The standard InChI is InChI=1S/C17H28N4O.HI/c1-11-16(12(2)22-21-11)10-20-17(18-3)19-7-6-15-9-13-4-5-14(15)8-13;/h13-15H,4-10H2,1-3H3,(H2,18,19,20);1H. The molecule has 0 radical (unpaired) electrons. The number of hydrogen-bond acceptors (Lipinski definition) is 3. The summed E-state index contributed by atoms with van der Waals surface area (Å²) in [5, 5.41) is 10.8. The minimum absolute atomic E-state index is 0. The van der Waals surface area contributed by atoms with Crippen molar-refractivity contribution in [2.75, 3.05) is 13.6 Å². The number of aromatic nitrogens is 1. The third-order valence-corrected chi connectivity index (χ3v) is 5.53. The molecule has 3 rings (SSSR count). The van der Waals surface area contributed by atoms with E-state index in [0.29, 0.717) is 6.54 Å². The molecule has 2 N–H and O–H groups in total. The molecule has 5 nitrogen and oxygen atoms in total. The quantitative estimate of drug-likeness (QED) is 0.426. The van der Waals surface area contributed by atoms with Gasteiger partial charge in [0, 0.05) is 25.7 Å². The summed E-state index contributed by atoms with van der Waals surface area (Å²) < 4.78 is 5.19. The number of halogens is 1. The van der Waals surface area contributed by atoms with E-state index in [1.165, 1.54) is 32.1 Å². The number of nitrogens with one attached hydrogen (secondary N) is 2. The van der Waals surface area contributed by atoms with Gasteiger partial charge < -0.3 is 15.2 Å². The molecule has 0 spiro atoms. The monoisotopic (exact) mass is 432 g/mol. The Bertz CT molecular complexity index is 523. The van der Waals surface area contributed by atoms with Crippen LogP contribution in [0, 0.1) is 31.6 Å². The first-order valence-corrected chi connectivity index (χ1v) is 8.53. The molecule has 0 saturated heterocycles. The molecule has 2 saturated carbocycles. The lowest BCUT2D eigenvalue weighted by atomic mass is 9.86. The summed E-state index contributed by atoms with van der Waals surface area (Å²) in [5.41, 5.74) is 2.07. The van der Waals surface area contributed by atoms with Crippen LogP contribution in [0.4, 0.5) is 0 Å². The number of fused-ring (bicyclic) bond motifs is 2. The third-order valence-electron chi connectivity index (χ3n) is 5.53. The lowest BCUT2D eigenvalue weighted by Crippen LogP contribution is -2.38. The molecule has 3 atom stereocenters. The van der Waals surface area contributed by atoms with Gasteiger partial charge in [-0.3, -0.25) is 4.99 Å². The Morgan fingerprint density at radius 3 is 2.65 bits per heavy atom. The van der Waals surface area contributed by atoms with E-state index in [0.717, 1.165) is 47.3 Å². The lowest BCUT2D eigenvalue weighted by Gasteiger charge is -2.22. The molecule has 1 heterocycles. The molecule has 0 aliphatic heterocycles. The zero-order chi connectivity index (χ0) is 15.5. The molecule has 2 bridgehead atoms. The number of aryl methyl sites for hydroxylation is 2. The Balaban J connectivity index is 0.00000192. The Morgan fingerprint density at radius 1 is 1.26 bits per heavy atom. The first-order chi connectivity index (χ1) is 10.7. The molecule has 2 aliphatic rings. The number of nitrogens with zero attached hydrogens (tertiary/aromatic N) is 2. The van der Waals surface area contributed by atoms with Crippen molar-refractivity contribution in [3.63, 3.8) is 0 Å². The van der Waals surface area contributed by atoms with Gasteiger partial charge in [-0.2, -0.15) is 0 Å². The van der Waals surface area contributed by atoms with E-state index in [4.69, 9.17) is 4.52 Å². The second kappa shape index (κ2) is 8.35. The van der Waals surface area contributed by atoms with Gasteiger partial charge in [0.05, 0.1) is 5.69 Å². The molecule has 2 fully saturated rings. The summed E-state index contributed by atoms with van der Waals surface area (Å²) in [5.74, 6) is 4.72. The predicted molar refractivity (Wildman–Crippen MR) is 103 cm³/mol. The molecule has 0 aromatic carbocycles. The maximum atomic E-state index is 5.19. The van der Waals surface area contributed by atoms with Gasteiger partial charge in [-0.1, -0.05) is 11.6 Å². The highest BCUT2D eigenvalue weighted by Gasteiger charge is 2.38. The highest BCUT2D eigenvalue weighted by Crippen LogP contribution is 2.49. The summed E-state index contributed by atoms with van der Waals surface area (Å²) in [7, 11) is 1.82. The van der Waals surface area contributed by atoms with Crippen LogP contribution in [0.5, 0.6) is 0 Å². The van der Waals surface area contributed by atoms with Crippen molar-refractivity contribution in [3.8, 4) is 0 Å². The van der Waals surface area contributed by atoms with Crippen LogP contribution in [-0.2, 0) is 6.54 Å². The van der Waals surface area contributed by atoms with Crippen molar-refractivity contribution >= 4 is 29.9 Å². The normalized spacial score (nSPS) is 26.2. The summed E-state index contributed by atoms with van der Waals surface area (Å²) in [6, 6.07) is 0. The smallest absolute Gasteiger partial charge is 0.191 e. The van der Waals surface area contributed by atoms with E-state index in [9.17, 15) is 0 Å². The number of rotatable bonds is 5. The van der Waals surface area contributed by atoms with Crippen LogP contribution in [-0.4, -0.2) is 24.7 Å². The van der Waals surface area contributed by atoms with Crippen LogP contribution in [0.2, 0.25) is 0 Å². The zero-order valence-corrected chi connectivity index (χ0v) is 16.7. The maximum absolute atomic E-state index is 5.19. The molecule has 1 aromatic rings. The zero-order valence-electron chi connectivity index (χ0n) is 14.4. The molecule has 3 unspecified atom stereocenters. The van der Waals surface area contributed by atoms with Crippen LogP contribution in [0.3, 0.4) is 0 Å². The minimum Gasteiger partial charge on any atom is -0.361 e. The van der Waals surface area contributed by atoms with Gasteiger partial charge in [0.1, 0.15) is 5.76 Å². The SMILES string of the molecule is CN=C(NCCC1CC2CCC1C2)NCc1c(C)noc1C.I. The highest BCUT2D eigenvalue weighted by atomic mass is 127. The average Bonchev–Trinajstić information content (AvgIpc) is 3.21. The van der Waals surface area contributed by atoms with Crippen LogP contribution in [0.25, 0.3) is 0 Å². The molecule has 130 valence electrons. The Kier molecular flexibility index (Phi) is 6.73. The maximum Gasteiger partial charge on any atom is 0.191 e. The second-order valence-electron chi connectivity index (χ2n) is 6.88. The lowest BCUT2D eigenvalue weighted by molar-refractivity contribution is 0.315. The van der Waals surface area contributed by atoms with Crippen molar-refractivity contribution in [1.82, 2.24) is 15.8 Å². The van der Waals surface area contributed by atoms with Gasteiger partial charge in [0.2, 0.25) is 0 Å². The molecule has 2 aliphatic carbocycles. The van der Waals surface area contributed by atoms with E-state index in [1.54, 1.807) is 0 Å². The fourth-order valence-electron chi connectivity index (χ4n) is 4.25. The second-order valence-corrected chi connectivity index (χ2v) is 6.88. The third kappa shape index (κ3) is 4.39. The van der Waals surface area contributed by atoms with Crippen LogP contribution in [0.1, 0.15) is 49.1 Å². The van der Waals surface area contributed by atoms with Crippen LogP contribution in [0.15, 0.2) is 9.52 Å². The molecular weight excluding hydrogens is 403 g/mol. The minimum atomic E-state index is 0. The van der Waals surface area contributed by atoms with Gasteiger partial charge in [0.25, 0.3) is 0 Å². The average molecular weight is 432 g/mol. The molecule has 1 aromatic heterocycles. The number of guanidine groups is 1. The van der Waals surface area contributed by atoms with Gasteiger partial charge in [-0.15, -0.1) is 24.0 Å². The summed E-state index contributed by atoms with van der Waals surface area (Å²) >= 11 is 0. The number of aliphatic imine (C=N–C) groups is 1. The summed E-state index contributed by atoms with van der Waals surface area (Å²) in [4.78, 5) is 4.30. The van der Waals surface area contributed by atoms with Gasteiger partial charge in [-0.05, 0) is 57.3 Å². The van der Waals surface area contributed by atoms with Crippen LogP contribution < -0.4 is 10.6 Å². The molecule has 0 amide bonds. The Morgan fingerprint density at radius 2 is 2.09 bits per heavy atom. The summed E-state index contributed by atoms with van der Waals surface area (Å²) in [6.45, 7) is 5.63. The largest absolute Gasteiger partial charge is 0.361 e. The summed E-state index contributed by atoms with van der Waals surface area (Å²) in [6.07, 6.45) is 7.16. The predicted octanol–water partition coefficient (Wildman–Crippen LogP) is 3.40. The van der Waals surface area contributed by atoms with Crippen molar-refractivity contribution in [1.29, 1.82) is 0 Å². The first kappa shape index (κ1) is 18.5. The van der Waals surface area contributed by atoms with Crippen molar-refractivity contribution in [3.05, 3.63) is 17.0 Å². The van der Waals surface area contributed by atoms with Crippen molar-refractivity contribution in [2.24, 2.45) is 22.7 Å². The van der Waals surface area contributed by atoms with Crippen LogP contribution >= 0.6 is 24.0 Å². The molecule has 23 heavy (non-hydrogen) atoms. The molecule has 6 heteroatoms. The van der Waals surface area contributed by atoms with Gasteiger partial charge in [-0.25, -0.2) is 0 Å². The van der Waals surface area contributed by atoms with E-state index in [-0.39, 0.29) is 24.0 Å². The first-order valence-electron chi connectivity index (χ1n) is 8.53. The molecular formula is C17H29IN4O. The number of hydrogen-bond donors (Lipinski definition) is 2. The van der Waals surface area contributed by atoms with Gasteiger partial charge >= 0.3 is 0 Å². The highest BCUT2D eigenvalue weighted by molar-refractivity contribution is 14.0. The van der Waals surface area contributed by atoms with Gasteiger partial charge in [0.15, 0.2) is 5.96 Å². The van der Waals surface area contributed by atoms with E-state index < -0.39 is 0 Å². The van der Waals surface area contributed by atoms with E-state index in [1.807, 2.05) is 20.9 Å².